The lowest BCUT2D eigenvalue weighted by Crippen LogP contribution is -2.12. The second-order valence-electron chi connectivity index (χ2n) is 5.14. The molecule has 1 N–H and O–H groups in total. The maximum absolute atomic E-state index is 11.7. The highest BCUT2D eigenvalue weighted by Crippen LogP contribution is 2.30. The molecule has 4 nitrogen and oxygen atoms in total. The van der Waals surface area contributed by atoms with Gasteiger partial charge in [-0.05, 0) is 48.2 Å². The average molecular weight is 312 g/mol. The molecule has 0 amide bonds. The predicted octanol–water partition coefficient (Wildman–Crippen LogP) is 3.40. The van der Waals surface area contributed by atoms with Crippen LogP contribution in [0, 0.1) is 13.8 Å². The van der Waals surface area contributed by atoms with E-state index in [1.807, 2.05) is 56.3 Å². The Morgan fingerprint density at radius 2 is 1.87 bits per heavy atom. The number of carbonyl (C=O) groups is 1. The highest BCUT2D eigenvalue weighted by Gasteiger charge is 2.14. The number of rotatable bonds is 5. The molecule has 23 heavy (non-hydrogen) atoms. The quantitative estimate of drug-likeness (QED) is 0.522. The molecule has 2 aromatic rings. The molecular weight excluding hydrogens is 292 g/mol. The molecule has 0 radical (unpaired) electrons. The minimum Gasteiger partial charge on any atom is -0.463 e. The zero-order chi connectivity index (χ0) is 16.8. The number of carbonyl (C=O) groups excluding carboxylic acids is 1. The van der Waals surface area contributed by atoms with Gasteiger partial charge in [-0.25, -0.2) is 4.79 Å². The van der Waals surface area contributed by atoms with Crippen LogP contribution in [0.2, 0.25) is 0 Å². The van der Waals surface area contributed by atoms with Crippen molar-refractivity contribution in [1.82, 2.24) is 0 Å². The molecule has 0 saturated heterocycles. The van der Waals surface area contributed by atoms with Gasteiger partial charge in [-0.15, -0.1) is 0 Å². The number of aryl methyl sites for hydroxylation is 2. The Morgan fingerprint density at radius 3 is 2.52 bits per heavy atom. The Morgan fingerprint density at radius 1 is 1.13 bits per heavy atom. The molecule has 0 aromatic heterocycles. The van der Waals surface area contributed by atoms with Gasteiger partial charge < -0.3 is 14.6 Å². The number of aliphatic hydroxyl groups excluding tert-OH is 1. The van der Waals surface area contributed by atoms with Crippen LogP contribution in [-0.2, 0) is 9.53 Å². The predicted molar refractivity (Wildman–Crippen MR) is 89.2 cm³/mol. The minimum atomic E-state index is -0.625. The first kappa shape index (κ1) is 16.8. The summed E-state index contributed by atoms with van der Waals surface area (Å²) < 4.78 is 10.3. The lowest BCUT2D eigenvalue weighted by molar-refractivity contribution is -0.138. The van der Waals surface area contributed by atoms with Crippen LogP contribution in [0.1, 0.15) is 11.1 Å². The molecule has 0 saturated carbocycles. The van der Waals surface area contributed by atoms with Crippen molar-refractivity contribution < 1.29 is 19.4 Å². The molecular formula is C19H20O4. The molecule has 2 rings (SSSR count). The van der Waals surface area contributed by atoms with Gasteiger partial charge in [-0.3, -0.25) is 0 Å². The first-order valence-electron chi connectivity index (χ1n) is 7.30. The normalized spacial score (nSPS) is 11.2. The Kier molecular flexibility index (Phi) is 5.55. The zero-order valence-corrected chi connectivity index (χ0v) is 13.5. The Bertz CT molecular complexity index is 732. The molecule has 0 fully saturated rings. The van der Waals surface area contributed by atoms with E-state index in [0.29, 0.717) is 5.75 Å². The monoisotopic (exact) mass is 312 g/mol. The van der Waals surface area contributed by atoms with Gasteiger partial charge in [0.15, 0.2) is 0 Å². The van der Waals surface area contributed by atoms with Gasteiger partial charge in [0.1, 0.15) is 5.75 Å². The van der Waals surface area contributed by atoms with Crippen molar-refractivity contribution in [1.29, 1.82) is 0 Å². The molecule has 0 aliphatic heterocycles. The minimum absolute atomic E-state index is 0.0277. The van der Waals surface area contributed by atoms with Gasteiger partial charge >= 0.3 is 5.97 Å². The smallest absolute Gasteiger partial charge is 0.373 e. The van der Waals surface area contributed by atoms with E-state index in [4.69, 9.17) is 9.84 Å². The van der Waals surface area contributed by atoms with Crippen LogP contribution in [0.5, 0.6) is 5.75 Å². The summed E-state index contributed by atoms with van der Waals surface area (Å²) in [6, 6.07) is 13.9. The lowest BCUT2D eigenvalue weighted by atomic mass is 9.99. The first-order chi connectivity index (χ1) is 11.1. The standard InChI is InChI=1S/C19H20O4/c1-13-6-4-5-7-16(13)15-9-8-14(2)18(12-15)23-17(10-11-20)19(21)22-3/h4-10,12,20H,11H2,1-3H3/b17-10-. The van der Waals surface area contributed by atoms with Gasteiger partial charge in [0.05, 0.1) is 13.7 Å². The molecule has 2 aromatic carbocycles. The second kappa shape index (κ2) is 7.61. The van der Waals surface area contributed by atoms with Gasteiger partial charge in [0.2, 0.25) is 5.76 Å². The third-order valence-electron chi connectivity index (χ3n) is 3.53. The van der Waals surface area contributed by atoms with E-state index in [0.717, 1.165) is 22.3 Å². The number of methoxy groups -OCH3 is 1. The van der Waals surface area contributed by atoms with E-state index < -0.39 is 5.97 Å². The van der Waals surface area contributed by atoms with Crippen LogP contribution in [0.25, 0.3) is 11.1 Å². The summed E-state index contributed by atoms with van der Waals surface area (Å²) in [6.07, 6.45) is 1.28. The summed E-state index contributed by atoms with van der Waals surface area (Å²) in [5.41, 5.74) is 4.14. The summed E-state index contributed by atoms with van der Waals surface area (Å²) in [6.45, 7) is 3.63. The third kappa shape index (κ3) is 3.99. The van der Waals surface area contributed by atoms with Crippen LogP contribution in [0.3, 0.4) is 0 Å². The highest BCUT2D eigenvalue weighted by molar-refractivity contribution is 5.86. The van der Waals surface area contributed by atoms with Gasteiger partial charge in [-0.1, -0.05) is 36.4 Å². The number of esters is 1. The number of ether oxygens (including phenoxy) is 2. The number of aliphatic hydroxyl groups is 1. The molecule has 4 heteroatoms. The largest absolute Gasteiger partial charge is 0.463 e. The Labute approximate surface area is 136 Å². The summed E-state index contributed by atoms with van der Waals surface area (Å²) >= 11 is 0. The molecule has 0 spiro atoms. The SMILES string of the molecule is COC(=O)/C(=C/CO)Oc1cc(-c2ccccc2C)ccc1C. The fraction of sp³-hybridized carbons (Fsp3) is 0.211. The molecule has 120 valence electrons. The van der Waals surface area contributed by atoms with Crippen LogP contribution in [-0.4, -0.2) is 24.8 Å². The van der Waals surface area contributed by atoms with Gasteiger partial charge in [0, 0.05) is 0 Å². The Balaban J connectivity index is 2.40. The molecule has 0 heterocycles. The molecule has 0 atom stereocenters. The maximum Gasteiger partial charge on any atom is 0.373 e. The average Bonchev–Trinajstić information content (AvgIpc) is 2.56. The fourth-order valence-corrected chi connectivity index (χ4v) is 2.24. The van der Waals surface area contributed by atoms with Crippen molar-refractivity contribution >= 4 is 5.97 Å². The third-order valence-corrected chi connectivity index (χ3v) is 3.53. The number of hydrogen-bond donors (Lipinski definition) is 1. The summed E-state index contributed by atoms with van der Waals surface area (Å²) in [5, 5.41) is 9.03. The summed E-state index contributed by atoms with van der Waals surface area (Å²) in [7, 11) is 1.27. The summed E-state index contributed by atoms with van der Waals surface area (Å²) in [4.78, 5) is 11.7. The number of hydrogen-bond acceptors (Lipinski definition) is 4. The maximum atomic E-state index is 11.7. The van der Waals surface area contributed by atoms with Gasteiger partial charge in [-0.2, -0.15) is 0 Å². The van der Waals surface area contributed by atoms with Crippen LogP contribution >= 0.6 is 0 Å². The first-order valence-corrected chi connectivity index (χ1v) is 7.30. The van der Waals surface area contributed by atoms with Crippen LogP contribution in [0.4, 0.5) is 0 Å². The highest BCUT2D eigenvalue weighted by atomic mass is 16.6. The number of benzene rings is 2. The van der Waals surface area contributed by atoms with E-state index >= 15 is 0 Å². The van der Waals surface area contributed by atoms with E-state index in [2.05, 4.69) is 4.74 Å². The topological polar surface area (TPSA) is 55.8 Å². The lowest BCUT2D eigenvalue weighted by Gasteiger charge is -2.13. The van der Waals surface area contributed by atoms with Crippen molar-refractivity contribution in [3.05, 3.63) is 65.4 Å². The van der Waals surface area contributed by atoms with E-state index in [9.17, 15) is 4.79 Å². The van der Waals surface area contributed by atoms with Crippen LogP contribution < -0.4 is 4.74 Å². The van der Waals surface area contributed by atoms with E-state index in [1.54, 1.807) is 0 Å². The fourth-order valence-electron chi connectivity index (χ4n) is 2.24. The van der Waals surface area contributed by atoms with Crippen molar-refractivity contribution in [2.24, 2.45) is 0 Å². The zero-order valence-electron chi connectivity index (χ0n) is 13.5. The molecule has 0 aliphatic carbocycles. The Hall–Kier alpha value is -2.59. The van der Waals surface area contributed by atoms with Crippen molar-refractivity contribution in [3.63, 3.8) is 0 Å². The van der Waals surface area contributed by atoms with Crippen molar-refractivity contribution in [2.45, 2.75) is 13.8 Å². The summed E-state index contributed by atoms with van der Waals surface area (Å²) in [5.74, 6) is -0.101. The molecule has 0 aliphatic rings. The van der Waals surface area contributed by atoms with E-state index in [-0.39, 0.29) is 12.4 Å². The molecule has 0 bridgehead atoms. The van der Waals surface area contributed by atoms with Crippen molar-refractivity contribution in [3.8, 4) is 16.9 Å². The van der Waals surface area contributed by atoms with E-state index in [1.165, 1.54) is 13.2 Å². The second-order valence-corrected chi connectivity index (χ2v) is 5.14. The molecule has 0 unspecified atom stereocenters. The van der Waals surface area contributed by atoms with Gasteiger partial charge in [0.25, 0.3) is 0 Å². The van der Waals surface area contributed by atoms with Crippen molar-refractivity contribution in [2.75, 3.05) is 13.7 Å². The van der Waals surface area contributed by atoms with Crippen LogP contribution in [0.15, 0.2) is 54.3 Å².